The summed E-state index contributed by atoms with van der Waals surface area (Å²) in [7, 11) is 0. The summed E-state index contributed by atoms with van der Waals surface area (Å²) in [6.07, 6.45) is 4.70. The van der Waals surface area contributed by atoms with E-state index in [1.165, 1.54) is 35.4 Å². The first kappa shape index (κ1) is 22.0. The van der Waals surface area contributed by atoms with Gasteiger partial charge in [0.1, 0.15) is 28.4 Å². The second kappa shape index (κ2) is 8.85. The number of aromatic nitrogens is 4. The summed E-state index contributed by atoms with van der Waals surface area (Å²) in [6, 6.07) is 7.41. The number of hydrogen-bond donors (Lipinski definition) is 1. The first-order valence-electron chi connectivity index (χ1n) is 11.2. The molecule has 2 atom stereocenters. The average molecular weight is 466 g/mol. The molecule has 3 heterocycles. The second-order valence-electron chi connectivity index (χ2n) is 8.61. The van der Waals surface area contributed by atoms with Crippen molar-refractivity contribution < 1.29 is 18.0 Å². The molecule has 0 saturated carbocycles. The molecule has 0 unspecified atom stereocenters. The van der Waals surface area contributed by atoms with Gasteiger partial charge in [0.2, 0.25) is 0 Å². The molecule has 176 valence electrons. The van der Waals surface area contributed by atoms with Gasteiger partial charge in [-0.25, -0.2) is 8.78 Å². The number of carbonyl (C=O) groups excluding carboxylic acids is 1. The van der Waals surface area contributed by atoms with Gasteiger partial charge in [-0.3, -0.25) is 4.79 Å². The average Bonchev–Trinajstić information content (AvgIpc) is 3.49. The van der Waals surface area contributed by atoms with Gasteiger partial charge in [0.05, 0.1) is 18.4 Å². The number of anilines is 1. The number of likely N-dealkylation sites (tertiary alicyclic amines) is 1. The fourth-order valence-corrected chi connectivity index (χ4v) is 4.50. The van der Waals surface area contributed by atoms with Gasteiger partial charge in [-0.2, -0.15) is 20.0 Å². The van der Waals surface area contributed by atoms with Gasteiger partial charge in [0.15, 0.2) is 5.58 Å². The van der Waals surface area contributed by atoms with Crippen molar-refractivity contribution in [2.24, 2.45) is 5.92 Å². The molecule has 1 amide bonds. The molecule has 1 N–H and O–H groups in total. The zero-order valence-electron chi connectivity index (χ0n) is 18.8. The quantitative estimate of drug-likeness (QED) is 0.471. The molecule has 5 rings (SSSR count). The Morgan fingerprint density at radius 3 is 2.79 bits per heavy atom. The lowest BCUT2D eigenvalue weighted by Crippen LogP contribution is -2.51. The molecule has 0 bridgehead atoms. The van der Waals surface area contributed by atoms with Crippen molar-refractivity contribution >= 4 is 23.0 Å². The lowest BCUT2D eigenvalue weighted by Gasteiger charge is -2.40. The monoisotopic (exact) mass is 466 g/mol. The summed E-state index contributed by atoms with van der Waals surface area (Å²) in [5.41, 5.74) is 1.49. The number of piperidine rings is 1. The van der Waals surface area contributed by atoms with Crippen LogP contribution < -0.4 is 5.32 Å². The number of nitrogens with zero attached hydrogens (tertiary/aromatic N) is 5. The molecule has 2 aromatic carbocycles. The molecule has 10 heteroatoms. The highest BCUT2D eigenvalue weighted by atomic mass is 19.1. The van der Waals surface area contributed by atoms with Gasteiger partial charge in [0.25, 0.3) is 11.9 Å². The summed E-state index contributed by atoms with van der Waals surface area (Å²) >= 11 is 0. The number of nitrogens with one attached hydrogen (secondary N) is 1. The Kier molecular flexibility index (Phi) is 5.72. The zero-order chi connectivity index (χ0) is 23.8. The van der Waals surface area contributed by atoms with Crippen LogP contribution in [0.1, 0.15) is 35.7 Å². The zero-order valence-corrected chi connectivity index (χ0v) is 18.8. The first-order chi connectivity index (χ1) is 16.4. The van der Waals surface area contributed by atoms with E-state index < -0.39 is 17.5 Å². The van der Waals surface area contributed by atoms with Crippen molar-refractivity contribution in [3.63, 3.8) is 0 Å². The predicted octanol–water partition coefficient (Wildman–Crippen LogP) is 4.35. The van der Waals surface area contributed by atoms with Crippen LogP contribution >= 0.6 is 0 Å². The Morgan fingerprint density at radius 1 is 1.21 bits per heavy atom. The first-order valence-corrected chi connectivity index (χ1v) is 11.2. The maximum Gasteiger partial charge on any atom is 0.295 e. The van der Waals surface area contributed by atoms with Gasteiger partial charge in [-0.1, -0.05) is 13.0 Å². The van der Waals surface area contributed by atoms with Crippen LogP contribution in [0.3, 0.4) is 0 Å². The van der Waals surface area contributed by atoms with Crippen molar-refractivity contribution in [3.05, 3.63) is 65.5 Å². The van der Waals surface area contributed by atoms with Crippen molar-refractivity contribution in [2.45, 2.75) is 32.7 Å². The number of carbonyl (C=O) groups is 1. The molecular formula is C24H24F2N6O2. The predicted molar refractivity (Wildman–Crippen MR) is 122 cm³/mol. The Hall–Kier alpha value is -3.82. The van der Waals surface area contributed by atoms with Crippen molar-refractivity contribution in [3.8, 4) is 5.69 Å². The maximum absolute atomic E-state index is 15.3. The molecule has 34 heavy (non-hydrogen) atoms. The van der Waals surface area contributed by atoms with Crippen LogP contribution in [-0.2, 0) is 0 Å². The number of halogens is 2. The Balaban J connectivity index is 1.44. The number of oxazole rings is 1. The SMILES string of the molecule is Cc1ccc(-n2nccn2)c(C(=O)N2CCC[C@@H](C)[C@H]2CNc2nc3cc(F)ccc3o2)c1F. The van der Waals surface area contributed by atoms with Crippen LogP contribution in [0.5, 0.6) is 0 Å². The molecule has 1 saturated heterocycles. The van der Waals surface area contributed by atoms with Crippen LogP contribution in [0, 0.1) is 24.5 Å². The third-order valence-electron chi connectivity index (χ3n) is 6.35. The lowest BCUT2D eigenvalue weighted by atomic mass is 9.89. The number of hydrogen-bond acceptors (Lipinski definition) is 6. The highest BCUT2D eigenvalue weighted by Gasteiger charge is 2.35. The molecule has 1 fully saturated rings. The minimum Gasteiger partial charge on any atom is -0.424 e. The third kappa shape index (κ3) is 4.00. The molecule has 8 nitrogen and oxygen atoms in total. The third-order valence-corrected chi connectivity index (χ3v) is 6.35. The smallest absolute Gasteiger partial charge is 0.295 e. The highest BCUT2D eigenvalue weighted by Crippen LogP contribution is 2.29. The molecule has 2 aromatic heterocycles. The fraction of sp³-hybridized carbons (Fsp3) is 0.333. The Morgan fingerprint density at radius 2 is 2.00 bits per heavy atom. The molecule has 0 aliphatic carbocycles. The summed E-state index contributed by atoms with van der Waals surface area (Å²) in [5, 5.41) is 11.3. The normalized spacial score (nSPS) is 18.4. The van der Waals surface area contributed by atoms with E-state index in [1.807, 2.05) is 0 Å². The minimum absolute atomic E-state index is 0.0485. The molecule has 4 aromatic rings. The van der Waals surface area contributed by atoms with Crippen LogP contribution in [0.25, 0.3) is 16.8 Å². The summed E-state index contributed by atoms with van der Waals surface area (Å²) in [5.74, 6) is -1.23. The largest absolute Gasteiger partial charge is 0.424 e. The highest BCUT2D eigenvalue weighted by molar-refractivity contribution is 5.98. The van der Waals surface area contributed by atoms with Crippen molar-refractivity contribution in [1.82, 2.24) is 24.9 Å². The molecule has 0 radical (unpaired) electrons. The van der Waals surface area contributed by atoms with E-state index in [9.17, 15) is 9.18 Å². The van der Waals surface area contributed by atoms with Gasteiger partial charge in [-0.15, -0.1) is 0 Å². The fourth-order valence-electron chi connectivity index (χ4n) is 4.50. The van der Waals surface area contributed by atoms with E-state index in [0.717, 1.165) is 12.8 Å². The number of aryl methyl sites for hydroxylation is 1. The van der Waals surface area contributed by atoms with Gasteiger partial charge in [0, 0.05) is 19.2 Å². The molecule has 1 aliphatic heterocycles. The van der Waals surface area contributed by atoms with Crippen molar-refractivity contribution in [2.75, 3.05) is 18.4 Å². The Bertz CT molecular complexity index is 1340. The molecule has 0 spiro atoms. The number of benzene rings is 2. The van der Waals surface area contributed by atoms with Crippen LogP contribution in [0.4, 0.5) is 14.8 Å². The number of fused-ring (bicyclic) bond motifs is 1. The van der Waals surface area contributed by atoms with Crippen LogP contribution in [0.2, 0.25) is 0 Å². The van der Waals surface area contributed by atoms with E-state index in [1.54, 1.807) is 24.0 Å². The molecule has 1 aliphatic rings. The topological polar surface area (TPSA) is 89.1 Å². The summed E-state index contributed by atoms with van der Waals surface area (Å²) in [4.78, 5) is 21.0. The second-order valence-corrected chi connectivity index (χ2v) is 8.61. The van der Waals surface area contributed by atoms with E-state index in [-0.39, 0.29) is 23.5 Å². The van der Waals surface area contributed by atoms with Crippen LogP contribution in [0.15, 0.2) is 47.1 Å². The maximum atomic E-state index is 15.3. The summed E-state index contributed by atoms with van der Waals surface area (Å²) in [6.45, 7) is 4.54. The van der Waals surface area contributed by atoms with Gasteiger partial charge >= 0.3 is 0 Å². The van der Waals surface area contributed by atoms with Gasteiger partial charge in [-0.05, 0) is 49.4 Å². The lowest BCUT2D eigenvalue weighted by molar-refractivity contribution is 0.0534. The molecular weight excluding hydrogens is 442 g/mol. The number of rotatable bonds is 5. The van der Waals surface area contributed by atoms with E-state index in [0.29, 0.717) is 35.4 Å². The Labute approximate surface area is 194 Å². The summed E-state index contributed by atoms with van der Waals surface area (Å²) < 4.78 is 34.4. The van der Waals surface area contributed by atoms with E-state index >= 15 is 4.39 Å². The number of amides is 1. The van der Waals surface area contributed by atoms with E-state index in [2.05, 4.69) is 27.4 Å². The van der Waals surface area contributed by atoms with Gasteiger partial charge < -0.3 is 14.6 Å². The van der Waals surface area contributed by atoms with Crippen LogP contribution in [-0.4, -0.2) is 49.9 Å². The van der Waals surface area contributed by atoms with Crippen molar-refractivity contribution in [1.29, 1.82) is 0 Å². The standard InChI is InChI=1S/C24H24F2N6O2/c1-14-4-3-11-31(19(14)13-27-24-30-17-12-16(25)6-8-20(17)34-24)23(33)21-18(32-28-9-10-29-32)7-5-15(2)22(21)26/h5-10,12,14,19H,3-4,11,13H2,1-2H3,(H,27,30)/t14-,19-/m1/s1. The minimum atomic E-state index is -0.578. The van der Waals surface area contributed by atoms with E-state index in [4.69, 9.17) is 4.42 Å².